The Morgan fingerprint density at radius 2 is 2.08 bits per heavy atom. The van der Waals surface area contributed by atoms with E-state index in [9.17, 15) is 22.4 Å². The third-order valence-corrected chi connectivity index (χ3v) is 3.90. The molecule has 8 heteroatoms. The van der Waals surface area contributed by atoms with Crippen LogP contribution in [-0.4, -0.2) is 21.9 Å². The second-order valence-corrected chi connectivity index (χ2v) is 5.75. The van der Waals surface area contributed by atoms with Gasteiger partial charge in [0.25, 0.3) is 5.91 Å². The molecule has 1 heterocycles. The molecule has 4 nitrogen and oxygen atoms in total. The maximum absolute atomic E-state index is 13.7. The maximum atomic E-state index is 13.7. The molecule has 0 bridgehead atoms. The second kappa shape index (κ2) is 6.26. The molecule has 2 aromatic rings. The van der Waals surface area contributed by atoms with E-state index in [2.05, 4.69) is 10.4 Å². The van der Waals surface area contributed by atoms with Crippen molar-refractivity contribution >= 4 is 5.91 Å². The van der Waals surface area contributed by atoms with Gasteiger partial charge in [0.05, 0.1) is 17.3 Å². The molecule has 0 unspecified atom stereocenters. The average Bonchev–Trinajstić information content (AvgIpc) is 2.88. The SMILES string of the molecule is O=C(N[C@H]1CCCc2cn(CC(F)(F)F)nc21)c1ccccc1F. The fraction of sp³-hybridized carbons (Fsp3) is 0.375. The van der Waals surface area contributed by atoms with Gasteiger partial charge in [-0.25, -0.2) is 4.39 Å². The third-order valence-electron chi connectivity index (χ3n) is 3.90. The monoisotopic (exact) mass is 341 g/mol. The van der Waals surface area contributed by atoms with E-state index in [4.69, 9.17) is 0 Å². The van der Waals surface area contributed by atoms with Gasteiger partial charge in [-0.05, 0) is 37.0 Å². The summed E-state index contributed by atoms with van der Waals surface area (Å²) in [6.07, 6.45) is -1.12. The van der Waals surface area contributed by atoms with Crippen LogP contribution in [0.2, 0.25) is 0 Å². The molecule has 24 heavy (non-hydrogen) atoms. The van der Waals surface area contributed by atoms with Crippen molar-refractivity contribution in [2.75, 3.05) is 0 Å². The topological polar surface area (TPSA) is 46.9 Å². The Balaban J connectivity index is 1.80. The van der Waals surface area contributed by atoms with Crippen molar-refractivity contribution < 1.29 is 22.4 Å². The number of benzene rings is 1. The highest BCUT2D eigenvalue weighted by molar-refractivity contribution is 5.94. The van der Waals surface area contributed by atoms with E-state index in [0.717, 1.165) is 4.68 Å². The van der Waals surface area contributed by atoms with Gasteiger partial charge in [0.2, 0.25) is 0 Å². The van der Waals surface area contributed by atoms with Gasteiger partial charge in [0, 0.05) is 6.20 Å². The van der Waals surface area contributed by atoms with Crippen molar-refractivity contribution in [3.8, 4) is 0 Å². The van der Waals surface area contributed by atoms with E-state index in [1.807, 2.05) is 0 Å². The Hall–Kier alpha value is -2.38. The number of hydrogen-bond acceptors (Lipinski definition) is 2. The minimum absolute atomic E-state index is 0.0978. The van der Waals surface area contributed by atoms with Gasteiger partial charge < -0.3 is 5.32 Å². The molecule has 1 aliphatic carbocycles. The fourth-order valence-electron chi connectivity index (χ4n) is 2.88. The maximum Gasteiger partial charge on any atom is 0.408 e. The lowest BCUT2D eigenvalue weighted by atomic mass is 9.93. The molecular formula is C16H15F4N3O. The van der Waals surface area contributed by atoms with Crippen LogP contribution in [-0.2, 0) is 13.0 Å². The van der Waals surface area contributed by atoms with Crippen LogP contribution in [0.1, 0.15) is 40.5 Å². The molecule has 1 N–H and O–H groups in total. The smallest absolute Gasteiger partial charge is 0.343 e. The van der Waals surface area contributed by atoms with Crippen LogP contribution >= 0.6 is 0 Å². The summed E-state index contributed by atoms with van der Waals surface area (Å²) in [5.74, 6) is -1.25. The van der Waals surface area contributed by atoms with Crippen LogP contribution in [0.5, 0.6) is 0 Å². The molecule has 1 aromatic carbocycles. The Kier molecular flexibility index (Phi) is 4.29. The van der Waals surface area contributed by atoms with E-state index in [1.165, 1.54) is 24.4 Å². The molecule has 0 aliphatic heterocycles. The van der Waals surface area contributed by atoms with Crippen molar-refractivity contribution in [2.45, 2.75) is 38.0 Å². The Bertz CT molecular complexity index is 754. The number of carbonyl (C=O) groups is 1. The highest BCUT2D eigenvalue weighted by Crippen LogP contribution is 2.30. The van der Waals surface area contributed by atoms with Crippen molar-refractivity contribution in [1.82, 2.24) is 15.1 Å². The average molecular weight is 341 g/mol. The molecule has 1 atom stereocenters. The summed E-state index contributed by atoms with van der Waals surface area (Å²) in [7, 11) is 0. The highest BCUT2D eigenvalue weighted by atomic mass is 19.4. The highest BCUT2D eigenvalue weighted by Gasteiger charge is 2.31. The number of aromatic nitrogens is 2. The molecule has 1 amide bonds. The lowest BCUT2D eigenvalue weighted by Crippen LogP contribution is -2.31. The number of carbonyl (C=O) groups excluding carboxylic acids is 1. The van der Waals surface area contributed by atoms with Crippen LogP contribution in [0, 0.1) is 5.82 Å². The number of rotatable bonds is 3. The van der Waals surface area contributed by atoms with Crippen LogP contribution in [0.15, 0.2) is 30.5 Å². The van der Waals surface area contributed by atoms with Crippen molar-refractivity contribution in [3.05, 3.63) is 53.1 Å². The Morgan fingerprint density at radius 3 is 2.79 bits per heavy atom. The van der Waals surface area contributed by atoms with Crippen molar-refractivity contribution in [1.29, 1.82) is 0 Å². The van der Waals surface area contributed by atoms with E-state index >= 15 is 0 Å². The molecule has 1 aliphatic rings. The number of alkyl halides is 3. The van der Waals surface area contributed by atoms with E-state index < -0.39 is 30.5 Å². The van der Waals surface area contributed by atoms with Crippen LogP contribution in [0.25, 0.3) is 0 Å². The first kappa shape index (κ1) is 16.5. The lowest BCUT2D eigenvalue weighted by Gasteiger charge is -2.22. The van der Waals surface area contributed by atoms with Crippen LogP contribution < -0.4 is 5.32 Å². The minimum Gasteiger partial charge on any atom is -0.343 e. The predicted octanol–water partition coefficient (Wildman–Crippen LogP) is 3.39. The fourth-order valence-corrected chi connectivity index (χ4v) is 2.88. The molecule has 0 radical (unpaired) electrons. The van der Waals surface area contributed by atoms with Gasteiger partial charge in [-0.3, -0.25) is 9.48 Å². The molecule has 0 spiro atoms. The van der Waals surface area contributed by atoms with E-state index in [1.54, 1.807) is 6.07 Å². The van der Waals surface area contributed by atoms with Crippen molar-refractivity contribution in [3.63, 3.8) is 0 Å². The molecule has 0 fully saturated rings. The molecule has 128 valence electrons. The molecule has 1 aromatic heterocycles. The first-order chi connectivity index (χ1) is 11.3. The van der Waals surface area contributed by atoms with Gasteiger partial charge in [0.15, 0.2) is 0 Å². The number of amides is 1. The minimum atomic E-state index is -4.36. The Labute approximate surface area is 135 Å². The largest absolute Gasteiger partial charge is 0.408 e. The first-order valence-electron chi connectivity index (χ1n) is 7.52. The summed E-state index contributed by atoms with van der Waals surface area (Å²) < 4.78 is 52.0. The zero-order chi connectivity index (χ0) is 17.3. The van der Waals surface area contributed by atoms with Gasteiger partial charge in [-0.1, -0.05) is 12.1 Å². The molecule has 0 saturated carbocycles. The number of halogens is 4. The quantitative estimate of drug-likeness (QED) is 0.870. The third kappa shape index (κ3) is 3.58. The van der Waals surface area contributed by atoms with E-state index in [-0.39, 0.29) is 5.56 Å². The van der Waals surface area contributed by atoms with Gasteiger partial charge in [-0.2, -0.15) is 18.3 Å². The Morgan fingerprint density at radius 1 is 1.33 bits per heavy atom. The second-order valence-electron chi connectivity index (χ2n) is 5.75. The number of nitrogens with one attached hydrogen (secondary N) is 1. The van der Waals surface area contributed by atoms with E-state index in [0.29, 0.717) is 30.5 Å². The van der Waals surface area contributed by atoms with Gasteiger partial charge in [0.1, 0.15) is 12.4 Å². The van der Waals surface area contributed by atoms with Gasteiger partial charge in [-0.15, -0.1) is 0 Å². The zero-order valence-corrected chi connectivity index (χ0v) is 12.6. The van der Waals surface area contributed by atoms with Crippen molar-refractivity contribution in [2.24, 2.45) is 0 Å². The number of fused-ring (bicyclic) bond motifs is 1. The molecule has 3 rings (SSSR count). The summed E-state index contributed by atoms with van der Waals surface area (Å²) in [6.45, 7) is -1.17. The number of nitrogens with zero attached hydrogens (tertiary/aromatic N) is 2. The standard InChI is InChI=1S/C16H15F4N3O/c17-12-6-2-1-5-11(12)15(24)21-13-7-3-4-10-8-23(22-14(10)13)9-16(18,19)20/h1-2,5-6,8,13H,3-4,7,9H2,(H,21,24)/t13-/m0/s1. The summed E-state index contributed by atoms with van der Waals surface area (Å²) in [5, 5.41) is 6.65. The van der Waals surface area contributed by atoms with Crippen LogP contribution in [0.3, 0.4) is 0 Å². The normalized spacial score (nSPS) is 17.4. The molecular weight excluding hydrogens is 326 g/mol. The summed E-state index contributed by atoms with van der Waals surface area (Å²) in [4.78, 5) is 12.2. The summed E-state index contributed by atoms with van der Waals surface area (Å²) in [6, 6.07) is 5.04. The van der Waals surface area contributed by atoms with Crippen LogP contribution in [0.4, 0.5) is 17.6 Å². The molecule has 0 saturated heterocycles. The first-order valence-corrected chi connectivity index (χ1v) is 7.52. The van der Waals surface area contributed by atoms with Gasteiger partial charge >= 0.3 is 6.18 Å². The predicted molar refractivity (Wildman–Crippen MR) is 77.8 cm³/mol. The number of aryl methyl sites for hydroxylation is 1. The summed E-state index contributed by atoms with van der Waals surface area (Å²) >= 11 is 0. The lowest BCUT2D eigenvalue weighted by molar-refractivity contribution is -0.142. The number of hydrogen-bond donors (Lipinski definition) is 1. The summed E-state index contributed by atoms with van der Waals surface area (Å²) in [5.41, 5.74) is 1.01. The zero-order valence-electron chi connectivity index (χ0n) is 12.6.